The number of aromatic nitrogens is 3. The zero-order chi connectivity index (χ0) is 19.8. The molecule has 0 radical (unpaired) electrons. The first-order chi connectivity index (χ1) is 14.2. The molecule has 0 bridgehead atoms. The number of nitrogens with zero attached hydrogens (tertiary/aromatic N) is 4. The van der Waals surface area contributed by atoms with Crippen molar-refractivity contribution in [2.75, 3.05) is 31.2 Å². The van der Waals surface area contributed by atoms with Gasteiger partial charge in [0.2, 0.25) is 5.95 Å². The monoisotopic (exact) mass is 390 g/mol. The van der Waals surface area contributed by atoms with Gasteiger partial charge in [-0.3, -0.25) is 14.3 Å². The van der Waals surface area contributed by atoms with E-state index < -0.39 is 0 Å². The molecular formula is C22H22N4O3. The van der Waals surface area contributed by atoms with E-state index in [2.05, 4.69) is 22.0 Å². The van der Waals surface area contributed by atoms with Crippen molar-refractivity contribution in [2.45, 2.75) is 12.5 Å². The van der Waals surface area contributed by atoms with Crippen LogP contribution in [-0.2, 0) is 18.2 Å². The average molecular weight is 390 g/mol. The summed E-state index contributed by atoms with van der Waals surface area (Å²) in [6, 6.07) is 11.6. The lowest BCUT2D eigenvalue weighted by Crippen LogP contribution is -2.41. The van der Waals surface area contributed by atoms with E-state index in [1.54, 1.807) is 30.1 Å². The number of hydrogen-bond donors (Lipinski definition) is 0. The van der Waals surface area contributed by atoms with Gasteiger partial charge in [-0.1, -0.05) is 6.07 Å². The van der Waals surface area contributed by atoms with Crippen LogP contribution in [0.3, 0.4) is 0 Å². The Kier molecular flexibility index (Phi) is 4.52. The van der Waals surface area contributed by atoms with Crippen molar-refractivity contribution >= 4 is 5.95 Å². The van der Waals surface area contributed by atoms with Crippen molar-refractivity contribution in [2.24, 2.45) is 7.05 Å². The number of hydrogen-bond acceptors (Lipinski definition) is 6. The number of fused-ring (bicyclic) bond motifs is 1. The van der Waals surface area contributed by atoms with Crippen LogP contribution in [0.1, 0.15) is 17.2 Å². The van der Waals surface area contributed by atoms with E-state index in [-0.39, 0.29) is 11.7 Å². The van der Waals surface area contributed by atoms with E-state index in [4.69, 9.17) is 14.5 Å². The molecular weight excluding hydrogens is 368 g/mol. The Hall–Kier alpha value is -3.19. The first-order valence-corrected chi connectivity index (χ1v) is 9.80. The second kappa shape index (κ2) is 7.33. The van der Waals surface area contributed by atoms with Gasteiger partial charge in [0.15, 0.2) is 0 Å². The molecule has 0 amide bonds. The molecule has 0 N–H and O–H groups in total. The number of ether oxygens (including phenoxy) is 2. The fourth-order valence-electron chi connectivity index (χ4n) is 3.92. The molecule has 2 aromatic heterocycles. The van der Waals surface area contributed by atoms with Crippen LogP contribution in [0.4, 0.5) is 5.95 Å². The van der Waals surface area contributed by atoms with E-state index in [0.717, 1.165) is 29.9 Å². The van der Waals surface area contributed by atoms with Crippen molar-refractivity contribution in [3.05, 3.63) is 70.3 Å². The van der Waals surface area contributed by atoms with Gasteiger partial charge in [0.1, 0.15) is 11.9 Å². The third-order valence-electron chi connectivity index (χ3n) is 5.52. The minimum Gasteiger partial charge on any atom is -0.493 e. The molecule has 1 fully saturated rings. The number of rotatable bonds is 3. The maximum Gasteiger partial charge on any atom is 0.255 e. The third-order valence-corrected chi connectivity index (χ3v) is 5.52. The summed E-state index contributed by atoms with van der Waals surface area (Å²) in [5, 5.41) is 0. The van der Waals surface area contributed by atoms with Crippen molar-refractivity contribution < 1.29 is 9.47 Å². The molecule has 0 aliphatic carbocycles. The maximum atomic E-state index is 12.6. The molecule has 0 saturated carbocycles. The Morgan fingerprint density at radius 1 is 1.10 bits per heavy atom. The number of benzene rings is 1. The molecule has 3 aromatic rings. The van der Waals surface area contributed by atoms with E-state index >= 15 is 0 Å². The highest BCUT2D eigenvalue weighted by molar-refractivity contribution is 5.59. The first kappa shape index (κ1) is 17.9. The molecule has 4 heterocycles. The van der Waals surface area contributed by atoms with Gasteiger partial charge in [-0.25, -0.2) is 4.98 Å². The molecule has 1 aromatic carbocycles. The maximum absolute atomic E-state index is 12.6. The van der Waals surface area contributed by atoms with Crippen LogP contribution in [0, 0.1) is 0 Å². The zero-order valence-electron chi connectivity index (χ0n) is 16.2. The predicted molar refractivity (Wildman–Crippen MR) is 109 cm³/mol. The molecule has 148 valence electrons. The highest BCUT2D eigenvalue weighted by atomic mass is 16.5. The Balaban J connectivity index is 1.46. The normalized spacial score (nSPS) is 18.4. The first-order valence-electron chi connectivity index (χ1n) is 9.80. The number of anilines is 1. The van der Waals surface area contributed by atoms with Gasteiger partial charge >= 0.3 is 0 Å². The Morgan fingerprint density at radius 2 is 1.97 bits per heavy atom. The van der Waals surface area contributed by atoms with Crippen LogP contribution in [0.25, 0.3) is 11.3 Å². The van der Waals surface area contributed by atoms with Gasteiger partial charge in [-0.15, -0.1) is 0 Å². The molecule has 7 heteroatoms. The minimum absolute atomic E-state index is 0.0730. The topological polar surface area (TPSA) is 69.5 Å². The smallest absolute Gasteiger partial charge is 0.255 e. The summed E-state index contributed by atoms with van der Waals surface area (Å²) in [6.45, 7) is 2.64. The molecule has 2 aliphatic rings. The zero-order valence-corrected chi connectivity index (χ0v) is 16.2. The van der Waals surface area contributed by atoms with Gasteiger partial charge in [0.05, 0.1) is 25.5 Å². The molecule has 5 rings (SSSR count). The van der Waals surface area contributed by atoms with E-state index in [1.807, 2.05) is 18.2 Å². The Bertz CT molecular complexity index is 1100. The van der Waals surface area contributed by atoms with Gasteiger partial charge in [-0.2, -0.15) is 0 Å². The highest BCUT2D eigenvalue weighted by Crippen LogP contribution is 2.31. The van der Waals surface area contributed by atoms with Crippen LogP contribution < -0.4 is 15.2 Å². The summed E-state index contributed by atoms with van der Waals surface area (Å²) < 4.78 is 13.3. The lowest BCUT2D eigenvalue weighted by molar-refractivity contribution is 0.0389. The third kappa shape index (κ3) is 3.38. The van der Waals surface area contributed by atoms with Gasteiger partial charge < -0.3 is 14.4 Å². The van der Waals surface area contributed by atoms with Gasteiger partial charge in [0.25, 0.3) is 5.56 Å². The predicted octanol–water partition coefficient (Wildman–Crippen LogP) is 2.36. The largest absolute Gasteiger partial charge is 0.493 e. The van der Waals surface area contributed by atoms with E-state index in [9.17, 15) is 4.79 Å². The van der Waals surface area contributed by atoms with Gasteiger partial charge in [0, 0.05) is 44.0 Å². The summed E-state index contributed by atoms with van der Waals surface area (Å²) in [4.78, 5) is 23.6. The lowest BCUT2D eigenvalue weighted by atomic mass is 10.0. The molecule has 0 spiro atoms. The van der Waals surface area contributed by atoms with Crippen molar-refractivity contribution in [3.63, 3.8) is 0 Å². The standard InChI is InChI=1S/C22H22N4O3/c1-25-21(27)13-18(15-4-7-23-8-5-15)24-22(25)26-9-11-29-20(14-26)16-2-3-19-17(12-16)6-10-28-19/h2-5,7-8,12-13,20H,6,9-11,14H2,1H3. The second-order valence-corrected chi connectivity index (χ2v) is 7.35. The Labute approximate surface area is 168 Å². The molecule has 2 aliphatic heterocycles. The summed E-state index contributed by atoms with van der Waals surface area (Å²) >= 11 is 0. The SMILES string of the molecule is Cn1c(N2CCOC(c3ccc4c(c3)CCO4)C2)nc(-c2ccncc2)cc1=O. The van der Waals surface area contributed by atoms with Crippen molar-refractivity contribution in [1.29, 1.82) is 0 Å². The van der Waals surface area contributed by atoms with Gasteiger partial charge in [-0.05, 0) is 35.4 Å². The quantitative estimate of drug-likeness (QED) is 0.684. The summed E-state index contributed by atoms with van der Waals surface area (Å²) in [6.07, 6.45) is 4.27. The van der Waals surface area contributed by atoms with E-state index in [0.29, 0.717) is 31.3 Å². The van der Waals surface area contributed by atoms with Crippen LogP contribution in [-0.4, -0.2) is 40.8 Å². The molecule has 29 heavy (non-hydrogen) atoms. The number of morpholine rings is 1. The average Bonchev–Trinajstić information content (AvgIpc) is 3.24. The van der Waals surface area contributed by atoms with Crippen LogP contribution in [0.15, 0.2) is 53.6 Å². The molecule has 7 nitrogen and oxygen atoms in total. The Morgan fingerprint density at radius 3 is 2.83 bits per heavy atom. The lowest BCUT2D eigenvalue weighted by Gasteiger charge is -2.34. The van der Waals surface area contributed by atoms with Crippen molar-refractivity contribution in [1.82, 2.24) is 14.5 Å². The molecule has 1 unspecified atom stereocenters. The second-order valence-electron chi connectivity index (χ2n) is 7.35. The van der Waals surface area contributed by atoms with Crippen molar-refractivity contribution in [3.8, 4) is 17.0 Å². The molecule has 1 saturated heterocycles. The molecule has 1 atom stereocenters. The summed E-state index contributed by atoms with van der Waals surface area (Å²) in [5.74, 6) is 1.62. The fourth-order valence-corrected chi connectivity index (χ4v) is 3.92. The van der Waals surface area contributed by atoms with Crippen LogP contribution in [0.5, 0.6) is 5.75 Å². The summed E-state index contributed by atoms with van der Waals surface area (Å²) in [5.41, 5.74) is 3.81. The number of pyridine rings is 1. The minimum atomic E-state index is -0.0838. The highest BCUT2D eigenvalue weighted by Gasteiger charge is 2.26. The summed E-state index contributed by atoms with van der Waals surface area (Å²) in [7, 11) is 1.76. The fraction of sp³-hybridized carbons (Fsp3) is 0.318. The van der Waals surface area contributed by atoms with Crippen LogP contribution >= 0.6 is 0 Å². The van der Waals surface area contributed by atoms with E-state index in [1.165, 1.54) is 5.56 Å². The van der Waals surface area contributed by atoms with Crippen LogP contribution in [0.2, 0.25) is 0 Å².